The lowest BCUT2D eigenvalue weighted by Gasteiger charge is -2.35. The van der Waals surface area contributed by atoms with E-state index in [2.05, 4.69) is 33.7 Å². The molecule has 0 atom stereocenters. The molecule has 1 saturated heterocycles. The van der Waals surface area contributed by atoms with Crippen molar-refractivity contribution in [3.8, 4) is 11.6 Å². The van der Waals surface area contributed by atoms with Gasteiger partial charge in [-0.15, -0.1) is 0 Å². The van der Waals surface area contributed by atoms with Crippen LogP contribution in [0.5, 0.6) is 11.6 Å². The van der Waals surface area contributed by atoms with E-state index in [0.717, 1.165) is 16.7 Å². The molecule has 0 N–H and O–H groups in total. The second-order valence-electron chi connectivity index (χ2n) is 7.93. The number of benzene rings is 1. The zero-order chi connectivity index (χ0) is 21.6. The van der Waals surface area contributed by atoms with Crippen molar-refractivity contribution in [1.82, 2.24) is 19.9 Å². The molecule has 8 nitrogen and oxygen atoms in total. The molecule has 1 fully saturated rings. The molecular weight excluding hydrogens is 394 g/mol. The van der Waals surface area contributed by atoms with Crippen LogP contribution in [0.15, 0.2) is 48.9 Å². The van der Waals surface area contributed by atoms with Crippen LogP contribution in [-0.4, -0.2) is 65.2 Å². The van der Waals surface area contributed by atoms with Gasteiger partial charge >= 0.3 is 0 Å². The van der Waals surface area contributed by atoms with Crippen molar-refractivity contribution < 1.29 is 14.3 Å². The molecule has 0 bridgehead atoms. The minimum Gasteiger partial charge on any atom is -0.484 e. The molecule has 0 unspecified atom stereocenters. The average Bonchev–Trinajstić information content (AvgIpc) is 2.81. The molecule has 1 aromatic carbocycles. The molecule has 1 aliphatic rings. The third-order valence-electron chi connectivity index (χ3n) is 5.09. The Morgan fingerprint density at radius 3 is 2.68 bits per heavy atom. The van der Waals surface area contributed by atoms with Gasteiger partial charge in [-0.05, 0) is 24.1 Å². The van der Waals surface area contributed by atoms with Crippen LogP contribution in [0.2, 0.25) is 0 Å². The first-order valence-corrected chi connectivity index (χ1v) is 10.5. The molecule has 162 valence electrons. The molecule has 3 heterocycles. The van der Waals surface area contributed by atoms with E-state index in [1.54, 1.807) is 6.20 Å². The number of rotatable bonds is 7. The van der Waals surface area contributed by atoms with Crippen molar-refractivity contribution >= 4 is 22.6 Å². The Kier molecular flexibility index (Phi) is 6.45. The van der Waals surface area contributed by atoms with Crippen molar-refractivity contribution in [3.05, 3.63) is 48.9 Å². The number of nitrogens with zero attached hydrogens (tertiary/aromatic N) is 5. The highest BCUT2D eigenvalue weighted by atomic mass is 16.5. The number of hydrogen-bond donors (Lipinski definition) is 0. The number of piperazine rings is 1. The van der Waals surface area contributed by atoms with Gasteiger partial charge in [0.05, 0.1) is 12.1 Å². The van der Waals surface area contributed by atoms with Crippen LogP contribution < -0.4 is 14.4 Å². The monoisotopic (exact) mass is 421 g/mol. The predicted molar refractivity (Wildman–Crippen MR) is 118 cm³/mol. The molecule has 31 heavy (non-hydrogen) atoms. The van der Waals surface area contributed by atoms with Crippen molar-refractivity contribution in [2.75, 3.05) is 44.3 Å². The highest BCUT2D eigenvalue weighted by Gasteiger charge is 2.22. The Morgan fingerprint density at radius 2 is 1.87 bits per heavy atom. The maximum absolute atomic E-state index is 12.6. The van der Waals surface area contributed by atoms with Crippen LogP contribution in [0.1, 0.15) is 13.8 Å². The van der Waals surface area contributed by atoms with Gasteiger partial charge in [0.1, 0.15) is 17.9 Å². The van der Waals surface area contributed by atoms with E-state index in [-0.39, 0.29) is 12.5 Å². The molecule has 1 aliphatic heterocycles. The van der Waals surface area contributed by atoms with Crippen molar-refractivity contribution in [1.29, 1.82) is 0 Å². The minimum absolute atomic E-state index is 0.0129. The van der Waals surface area contributed by atoms with Gasteiger partial charge in [0.2, 0.25) is 5.88 Å². The van der Waals surface area contributed by atoms with Crippen LogP contribution in [0.25, 0.3) is 10.9 Å². The zero-order valence-corrected chi connectivity index (χ0v) is 17.9. The van der Waals surface area contributed by atoms with Crippen LogP contribution in [0.4, 0.5) is 5.82 Å². The third kappa shape index (κ3) is 5.39. The van der Waals surface area contributed by atoms with Gasteiger partial charge in [-0.25, -0.2) is 9.97 Å². The molecular formula is C23H27N5O3. The first-order valence-electron chi connectivity index (χ1n) is 10.5. The maximum Gasteiger partial charge on any atom is 0.260 e. The quantitative estimate of drug-likeness (QED) is 0.580. The summed E-state index contributed by atoms with van der Waals surface area (Å²) in [5.74, 6) is 2.45. The molecule has 0 saturated carbocycles. The van der Waals surface area contributed by atoms with Crippen molar-refractivity contribution in [2.24, 2.45) is 5.92 Å². The number of aromatic nitrogens is 3. The first kappa shape index (κ1) is 20.8. The lowest BCUT2D eigenvalue weighted by molar-refractivity contribution is -0.133. The summed E-state index contributed by atoms with van der Waals surface area (Å²) in [6.07, 6.45) is 3.27. The summed E-state index contributed by atoms with van der Waals surface area (Å²) >= 11 is 0. The largest absolute Gasteiger partial charge is 0.484 e. The summed E-state index contributed by atoms with van der Waals surface area (Å²) < 4.78 is 11.4. The summed E-state index contributed by atoms with van der Waals surface area (Å²) in [6.45, 7) is 7.46. The number of amides is 1. The van der Waals surface area contributed by atoms with Gasteiger partial charge in [-0.3, -0.25) is 9.78 Å². The van der Waals surface area contributed by atoms with Gasteiger partial charge in [-0.1, -0.05) is 19.9 Å². The summed E-state index contributed by atoms with van der Waals surface area (Å²) in [5.41, 5.74) is 0.850. The van der Waals surface area contributed by atoms with E-state index >= 15 is 0 Å². The van der Waals surface area contributed by atoms with Crippen LogP contribution in [0, 0.1) is 5.92 Å². The Labute approximate surface area is 181 Å². The van der Waals surface area contributed by atoms with E-state index in [1.807, 2.05) is 41.3 Å². The molecule has 0 spiro atoms. The Balaban J connectivity index is 1.28. The molecule has 8 heteroatoms. The van der Waals surface area contributed by atoms with E-state index in [9.17, 15) is 4.79 Å². The van der Waals surface area contributed by atoms with Gasteiger partial charge < -0.3 is 19.3 Å². The number of carbonyl (C=O) groups is 1. The van der Waals surface area contributed by atoms with Crippen molar-refractivity contribution in [3.63, 3.8) is 0 Å². The molecule has 2 aromatic heterocycles. The van der Waals surface area contributed by atoms with E-state index in [0.29, 0.717) is 50.3 Å². The normalized spacial score (nSPS) is 14.2. The fourth-order valence-corrected chi connectivity index (χ4v) is 3.39. The second kappa shape index (κ2) is 9.59. The predicted octanol–water partition coefficient (Wildman–Crippen LogP) is 2.79. The molecule has 4 rings (SSSR count). The average molecular weight is 422 g/mol. The number of hydrogen-bond acceptors (Lipinski definition) is 7. The molecule has 1 amide bonds. The van der Waals surface area contributed by atoms with Gasteiger partial charge in [0.25, 0.3) is 5.91 Å². The van der Waals surface area contributed by atoms with Crippen molar-refractivity contribution in [2.45, 2.75) is 13.8 Å². The minimum atomic E-state index is -0.0237. The first-order chi connectivity index (χ1) is 15.1. The zero-order valence-electron chi connectivity index (χ0n) is 17.9. The Morgan fingerprint density at radius 1 is 1.03 bits per heavy atom. The Bertz CT molecular complexity index is 1030. The maximum atomic E-state index is 12.6. The SMILES string of the molecule is CC(C)COc1cc(N2CCN(C(=O)COc3ccc4cccnc4c3)CC2)ncn1. The highest BCUT2D eigenvalue weighted by molar-refractivity contribution is 5.80. The highest BCUT2D eigenvalue weighted by Crippen LogP contribution is 2.20. The lowest BCUT2D eigenvalue weighted by atomic mass is 10.2. The van der Waals surface area contributed by atoms with Crippen LogP contribution >= 0.6 is 0 Å². The lowest BCUT2D eigenvalue weighted by Crippen LogP contribution is -2.50. The number of ether oxygens (including phenoxy) is 2. The summed E-state index contributed by atoms with van der Waals surface area (Å²) in [6, 6.07) is 11.4. The number of pyridine rings is 1. The third-order valence-corrected chi connectivity index (χ3v) is 5.09. The number of anilines is 1. The Hall–Kier alpha value is -3.42. The van der Waals surface area contributed by atoms with Gasteiger partial charge in [0, 0.05) is 49.9 Å². The fraction of sp³-hybridized carbons (Fsp3) is 0.391. The van der Waals surface area contributed by atoms with E-state index < -0.39 is 0 Å². The fourth-order valence-electron chi connectivity index (χ4n) is 3.39. The molecule has 0 aliphatic carbocycles. The molecule has 3 aromatic rings. The summed E-state index contributed by atoms with van der Waals surface area (Å²) in [5, 5.41) is 1.04. The second-order valence-corrected chi connectivity index (χ2v) is 7.93. The summed E-state index contributed by atoms with van der Waals surface area (Å²) in [7, 11) is 0. The number of carbonyl (C=O) groups excluding carboxylic acids is 1. The standard InChI is InChI=1S/C23H27N5O3/c1-17(2)14-31-22-13-21(25-16-26-22)27-8-10-28(11-9-27)23(29)15-30-19-6-5-18-4-3-7-24-20(18)12-19/h3-7,12-13,16-17H,8-11,14-15H2,1-2H3. The van der Waals surface area contributed by atoms with Crippen LogP contribution in [0.3, 0.4) is 0 Å². The summed E-state index contributed by atoms with van der Waals surface area (Å²) in [4.78, 5) is 29.4. The van der Waals surface area contributed by atoms with Gasteiger partial charge in [-0.2, -0.15) is 0 Å². The van der Waals surface area contributed by atoms with Gasteiger partial charge in [0.15, 0.2) is 6.61 Å². The van der Waals surface area contributed by atoms with E-state index in [4.69, 9.17) is 9.47 Å². The molecule has 0 radical (unpaired) electrons. The number of fused-ring (bicyclic) bond motifs is 1. The topological polar surface area (TPSA) is 80.7 Å². The van der Waals surface area contributed by atoms with Crippen LogP contribution in [-0.2, 0) is 4.79 Å². The van der Waals surface area contributed by atoms with E-state index in [1.165, 1.54) is 6.33 Å². The smallest absolute Gasteiger partial charge is 0.260 e.